The van der Waals surface area contributed by atoms with E-state index in [1.165, 1.54) is 16.9 Å². The van der Waals surface area contributed by atoms with Crippen molar-refractivity contribution >= 4 is 27.5 Å². The first-order chi connectivity index (χ1) is 11.8. The first-order valence-corrected chi connectivity index (χ1v) is 8.95. The number of carbonyl (C=O) groups excluding carboxylic acids is 1. The lowest BCUT2D eigenvalue weighted by Gasteiger charge is -2.18. The molecule has 4 nitrogen and oxygen atoms in total. The number of rotatable bonds is 2. The van der Waals surface area contributed by atoms with Gasteiger partial charge in [-0.2, -0.15) is 4.99 Å². The summed E-state index contributed by atoms with van der Waals surface area (Å²) in [5, 5.41) is 0. The van der Waals surface area contributed by atoms with Gasteiger partial charge in [0.1, 0.15) is 11.3 Å². The Morgan fingerprint density at radius 2 is 1.80 bits per heavy atom. The van der Waals surface area contributed by atoms with Gasteiger partial charge in [0, 0.05) is 12.6 Å². The highest BCUT2D eigenvalue weighted by atomic mass is 32.1. The summed E-state index contributed by atoms with van der Waals surface area (Å²) in [6.45, 7) is 6.45. The highest BCUT2D eigenvalue weighted by Gasteiger charge is 2.14. The number of benzene rings is 2. The van der Waals surface area contributed by atoms with E-state index >= 15 is 0 Å². The molecule has 25 heavy (non-hydrogen) atoms. The van der Waals surface area contributed by atoms with Gasteiger partial charge in [-0.15, -0.1) is 0 Å². The molecule has 0 aliphatic carbocycles. The van der Waals surface area contributed by atoms with Crippen molar-refractivity contribution in [1.82, 2.24) is 4.57 Å². The molecule has 5 heteroatoms. The van der Waals surface area contributed by atoms with E-state index in [1.54, 1.807) is 7.11 Å². The van der Waals surface area contributed by atoms with Gasteiger partial charge < -0.3 is 9.30 Å². The Balaban J connectivity index is 2.02. The molecule has 0 atom stereocenters. The van der Waals surface area contributed by atoms with Gasteiger partial charge in [-0.1, -0.05) is 50.3 Å². The van der Waals surface area contributed by atoms with Crippen molar-refractivity contribution in [3.05, 3.63) is 58.4 Å². The van der Waals surface area contributed by atoms with E-state index in [2.05, 4.69) is 25.8 Å². The summed E-state index contributed by atoms with van der Waals surface area (Å²) in [6, 6.07) is 13.5. The summed E-state index contributed by atoms with van der Waals surface area (Å²) in [4.78, 5) is 17.5. The molecule has 0 N–H and O–H groups in total. The third-order valence-corrected chi connectivity index (χ3v) is 5.30. The Morgan fingerprint density at radius 1 is 1.12 bits per heavy atom. The predicted octanol–water partition coefficient (Wildman–Crippen LogP) is 4.29. The fourth-order valence-electron chi connectivity index (χ4n) is 2.70. The van der Waals surface area contributed by atoms with Crippen LogP contribution in [0.15, 0.2) is 47.5 Å². The second-order valence-electron chi connectivity index (χ2n) is 6.99. The molecular formula is C20H22N2O2S. The number of amides is 1. The lowest BCUT2D eigenvalue weighted by molar-refractivity contribution is 0.0998. The summed E-state index contributed by atoms with van der Waals surface area (Å²) >= 11 is 1.48. The Morgan fingerprint density at radius 3 is 2.40 bits per heavy atom. The monoisotopic (exact) mass is 354 g/mol. The van der Waals surface area contributed by atoms with Crippen molar-refractivity contribution in [2.24, 2.45) is 12.0 Å². The minimum absolute atomic E-state index is 0.0627. The number of ether oxygens (including phenoxy) is 1. The molecule has 0 saturated carbocycles. The summed E-state index contributed by atoms with van der Waals surface area (Å²) in [5.41, 5.74) is 2.80. The number of fused-ring (bicyclic) bond motifs is 1. The molecule has 3 rings (SSSR count). The van der Waals surface area contributed by atoms with Crippen molar-refractivity contribution in [1.29, 1.82) is 0 Å². The predicted molar refractivity (Wildman–Crippen MR) is 102 cm³/mol. The van der Waals surface area contributed by atoms with Gasteiger partial charge >= 0.3 is 0 Å². The maximum Gasteiger partial charge on any atom is 0.279 e. The van der Waals surface area contributed by atoms with Crippen LogP contribution >= 0.6 is 11.3 Å². The standard InChI is InChI=1S/C20H22N2O2S/c1-20(2,3)14-11-9-13(10-12-14)18(23)21-19-22(4)17-15(24-5)7-6-8-16(17)25-19/h6-12H,1-5H3. The Bertz CT molecular complexity index is 989. The summed E-state index contributed by atoms with van der Waals surface area (Å²) in [6.07, 6.45) is 0. The number of hydrogen-bond donors (Lipinski definition) is 0. The highest BCUT2D eigenvalue weighted by Crippen LogP contribution is 2.26. The average molecular weight is 354 g/mol. The van der Waals surface area contributed by atoms with Gasteiger partial charge in [-0.3, -0.25) is 4.79 Å². The summed E-state index contributed by atoms with van der Waals surface area (Å²) < 4.78 is 8.36. The average Bonchev–Trinajstić information content (AvgIpc) is 2.90. The quantitative estimate of drug-likeness (QED) is 0.689. The van der Waals surface area contributed by atoms with Crippen molar-refractivity contribution in [3.8, 4) is 5.75 Å². The maximum absolute atomic E-state index is 12.6. The molecule has 0 aliphatic rings. The van der Waals surface area contributed by atoms with Crippen LogP contribution in [-0.4, -0.2) is 17.6 Å². The lowest BCUT2D eigenvalue weighted by Crippen LogP contribution is -2.14. The number of para-hydroxylation sites is 1. The van der Waals surface area contributed by atoms with Gasteiger partial charge in [0.15, 0.2) is 4.80 Å². The molecule has 0 unspecified atom stereocenters. The number of methoxy groups -OCH3 is 1. The maximum atomic E-state index is 12.6. The Labute approximate surface area is 151 Å². The first-order valence-electron chi connectivity index (χ1n) is 8.13. The number of nitrogens with zero attached hydrogens (tertiary/aromatic N) is 2. The third-order valence-electron chi connectivity index (χ3n) is 4.20. The molecule has 0 bridgehead atoms. The second kappa shape index (κ2) is 6.48. The van der Waals surface area contributed by atoms with Crippen LogP contribution in [0.3, 0.4) is 0 Å². The lowest BCUT2D eigenvalue weighted by atomic mass is 9.87. The van der Waals surface area contributed by atoms with Crippen molar-refractivity contribution in [2.45, 2.75) is 26.2 Å². The summed E-state index contributed by atoms with van der Waals surface area (Å²) in [5.74, 6) is 0.543. The number of hydrogen-bond acceptors (Lipinski definition) is 3. The fourth-order valence-corrected chi connectivity index (χ4v) is 3.74. The van der Waals surface area contributed by atoms with Crippen molar-refractivity contribution in [3.63, 3.8) is 0 Å². The van der Waals surface area contributed by atoms with E-state index in [1.807, 2.05) is 54.1 Å². The van der Waals surface area contributed by atoms with Gasteiger partial charge in [0.05, 0.1) is 11.8 Å². The number of aryl methyl sites for hydroxylation is 1. The molecule has 1 amide bonds. The van der Waals surface area contributed by atoms with E-state index in [0.29, 0.717) is 10.4 Å². The largest absolute Gasteiger partial charge is 0.495 e. The molecule has 130 valence electrons. The molecule has 0 saturated heterocycles. The van der Waals surface area contributed by atoms with Crippen molar-refractivity contribution in [2.75, 3.05) is 7.11 Å². The van der Waals surface area contributed by atoms with E-state index in [9.17, 15) is 4.79 Å². The first kappa shape index (κ1) is 17.4. The van der Waals surface area contributed by atoms with Crippen LogP contribution in [0.5, 0.6) is 5.75 Å². The zero-order valence-electron chi connectivity index (χ0n) is 15.2. The smallest absolute Gasteiger partial charge is 0.279 e. The van der Waals surface area contributed by atoms with Crippen molar-refractivity contribution < 1.29 is 9.53 Å². The van der Waals surface area contributed by atoms with Gasteiger partial charge in [-0.25, -0.2) is 0 Å². The van der Waals surface area contributed by atoms with E-state index < -0.39 is 0 Å². The van der Waals surface area contributed by atoms with Crippen LogP contribution in [0.2, 0.25) is 0 Å². The Kier molecular flexibility index (Phi) is 4.52. The molecule has 0 spiro atoms. The van der Waals surface area contributed by atoms with Crippen LogP contribution in [0.4, 0.5) is 0 Å². The fraction of sp³-hybridized carbons (Fsp3) is 0.300. The van der Waals surface area contributed by atoms with Crippen LogP contribution in [0, 0.1) is 0 Å². The van der Waals surface area contributed by atoms with E-state index in [4.69, 9.17) is 4.74 Å². The molecule has 3 aromatic rings. The third kappa shape index (κ3) is 3.37. The molecular weight excluding hydrogens is 332 g/mol. The topological polar surface area (TPSA) is 43.6 Å². The van der Waals surface area contributed by atoms with Crippen LogP contribution < -0.4 is 9.54 Å². The zero-order valence-corrected chi connectivity index (χ0v) is 16.0. The summed E-state index contributed by atoms with van der Waals surface area (Å²) in [7, 11) is 3.54. The second-order valence-corrected chi connectivity index (χ2v) is 8.00. The number of aromatic nitrogens is 1. The minimum atomic E-state index is -0.235. The van der Waals surface area contributed by atoms with Gasteiger partial charge in [-0.05, 0) is 35.2 Å². The highest BCUT2D eigenvalue weighted by molar-refractivity contribution is 7.16. The van der Waals surface area contributed by atoms with Gasteiger partial charge in [0.25, 0.3) is 5.91 Å². The number of thiazole rings is 1. The van der Waals surface area contributed by atoms with Gasteiger partial charge in [0.2, 0.25) is 0 Å². The van der Waals surface area contributed by atoms with E-state index in [-0.39, 0.29) is 11.3 Å². The van der Waals surface area contributed by atoms with Crippen LogP contribution in [0.1, 0.15) is 36.7 Å². The van der Waals surface area contributed by atoms with Crippen LogP contribution in [0.25, 0.3) is 10.2 Å². The molecule has 1 aromatic heterocycles. The molecule has 0 fully saturated rings. The molecule has 0 radical (unpaired) electrons. The normalized spacial score (nSPS) is 12.6. The minimum Gasteiger partial charge on any atom is -0.495 e. The molecule has 2 aromatic carbocycles. The van der Waals surface area contributed by atoms with E-state index in [0.717, 1.165) is 16.0 Å². The zero-order chi connectivity index (χ0) is 18.2. The van der Waals surface area contributed by atoms with Crippen LogP contribution in [-0.2, 0) is 12.5 Å². The molecule has 0 aliphatic heterocycles. The molecule has 1 heterocycles. The SMILES string of the molecule is COc1cccc2sc(=NC(=O)c3ccc(C(C)(C)C)cc3)n(C)c12. The Hall–Kier alpha value is -2.40. The number of carbonyl (C=O) groups is 1.